The number of rotatable bonds is 51. The van der Waals surface area contributed by atoms with Gasteiger partial charge < -0.3 is 61.4 Å². The molecular weight excluding hydrogens is 1570 g/mol. The number of carbonyl (C=O) groups excluding carboxylic acids is 8. The minimum atomic E-state index is -1.18. The summed E-state index contributed by atoms with van der Waals surface area (Å²) >= 11 is 2.15. The number of likely N-dealkylation sites (N-methyl/N-ethyl adjacent to an activating group) is 2. The first-order valence-electron chi connectivity index (χ1n) is 43.0. The number of piperidine rings is 2. The summed E-state index contributed by atoms with van der Waals surface area (Å²) in [6.45, 7) is 24.5. The molecule has 2 aromatic heterocycles. The Labute approximate surface area is 711 Å². The lowest BCUT2D eigenvalue weighted by Gasteiger charge is -2.39. The number of phenols is 2. The van der Waals surface area contributed by atoms with Gasteiger partial charge in [-0.05, 0) is 164 Å². The van der Waals surface area contributed by atoms with Crippen LogP contribution in [0.25, 0.3) is 0 Å². The number of ether oxygens (including phenoxy) is 2. The lowest BCUT2D eigenvalue weighted by Crippen LogP contribution is -2.58. The molecule has 0 unspecified atom stereocenters. The molecule has 32 heteroatoms. The highest BCUT2D eigenvalue weighted by Crippen LogP contribution is 2.36. The van der Waals surface area contributed by atoms with Crippen LogP contribution < -0.4 is 26.6 Å². The van der Waals surface area contributed by atoms with Crippen molar-refractivity contribution in [2.45, 2.75) is 285 Å². The van der Waals surface area contributed by atoms with Crippen molar-refractivity contribution in [1.29, 1.82) is 0 Å². The number of carboxylic acid groups (broad SMARTS) is 2. The number of hydrogen-bond donors (Lipinski definition) is 9. The molecule has 2 aliphatic heterocycles. The van der Waals surface area contributed by atoms with Crippen molar-refractivity contribution >= 4 is 82.2 Å². The highest BCUT2D eigenvalue weighted by atomic mass is 32.1. The molecule has 119 heavy (non-hydrogen) atoms. The van der Waals surface area contributed by atoms with Gasteiger partial charge in [0.1, 0.15) is 45.0 Å². The second-order valence-electron chi connectivity index (χ2n) is 33.1. The van der Waals surface area contributed by atoms with Gasteiger partial charge in [0.2, 0.25) is 11.8 Å². The predicted octanol–water partition coefficient (Wildman–Crippen LogP) is 13.0. The fourth-order valence-electron chi connectivity index (χ4n) is 15.0. The van der Waals surface area contributed by atoms with Crippen molar-refractivity contribution in [3.8, 4) is 11.5 Å². The smallest absolute Gasteiger partial charge is 0.410 e. The van der Waals surface area contributed by atoms with Crippen molar-refractivity contribution in [3.63, 3.8) is 0 Å². The molecule has 2 aromatic carbocycles. The van der Waals surface area contributed by atoms with Gasteiger partial charge in [0.15, 0.2) is 12.2 Å². The van der Waals surface area contributed by atoms with Crippen molar-refractivity contribution in [1.82, 2.24) is 61.4 Å². The molecule has 0 saturated carbocycles. The zero-order valence-electron chi connectivity index (χ0n) is 72.8. The number of aromatic hydroxyl groups is 2. The van der Waals surface area contributed by atoms with E-state index in [1.165, 1.54) is 46.8 Å². The monoisotopic (exact) mass is 1700 g/mol. The molecule has 8 amide bonds. The van der Waals surface area contributed by atoms with Crippen molar-refractivity contribution in [2.75, 3.05) is 60.5 Å². The molecule has 664 valence electrons. The topological polar surface area (TPSA) is 391 Å². The quantitative estimate of drug-likeness (QED) is 0.0146. The molecule has 4 aromatic rings. The van der Waals surface area contributed by atoms with Crippen LogP contribution in [0.2, 0.25) is 0 Å². The second kappa shape index (κ2) is 50.6. The Morgan fingerprint density at radius 2 is 0.933 bits per heavy atom. The summed E-state index contributed by atoms with van der Waals surface area (Å²) in [6.07, 6.45) is 8.05. The number of thiazole rings is 2. The molecule has 30 nitrogen and oxygen atoms in total. The number of nitrogens with one attached hydrogen (secondary N) is 5. The number of benzene rings is 2. The van der Waals surface area contributed by atoms with E-state index in [0.717, 1.165) is 85.3 Å². The van der Waals surface area contributed by atoms with Crippen molar-refractivity contribution in [2.24, 2.45) is 35.5 Å². The van der Waals surface area contributed by atoms with E-state index in [-0.39, 0.29) is 133 Å². The summed E-state index contributed by atoms with van der Waals surface area (Å²) in [5, 5.41) is 60.8. The fraction of sp³-hybridized carbons (Fsp3) is 0.678. The normalized spacial score (nSPS) is 17.7. The van der Waals surface area contributed by atoms with E-state index in [1.54, 1.807) is 48.4 Å². The third-order valence-electron chi connectivity index (χ3n) is 23.0. The van der Waals surface area contributed by atoms with Gasteiger partial charge in [-0.3, -0.25) is 57.8 Å². The molecule has 0 aliphatic carbocycles. The largest absolute Gasteiger partial charge is 0.508 e. The SMILES string of the molecule is CCCCCCON(C(=O)[C@@H](NC(=O)[C@H]1CCCCN1C)[C@@H](C)CC)[C@H](C[C@@H](OC(=O)N(CC)CCCCCCON(C(=O)[C@@H](NC(=O)[C@H]1CCCCN1C)[C@@H](C)CC)[C@H](C[C@@H](OC(=O)NC)c1nc(C(=O)N[C@@H](Cc2ccc(O)cc2)C[C@H](C)C(=O)O)cs1)C(C)C)c1nc(C(=O)N[C@@H](Cc2ccc(O)cc2)C[C@H](C)C(=O)O)cs1)C(C)C. The summed E-state index contributed by atoms with van der Waals surface area (Å²) in [4.78, 5) is 169. The molecule has 2 fully saturated rings. The van der Waals surface area contributed by atoms with E-state index in [0.29, 0.717) is 64.3 Å². The minimum Gasteiger partial charge on any atom is -0.508 e. The Balaban J connectivity index is 1.28. The first-order valence-corrected chi connectivity index (χ1v) is 44.8. The summed E-state index contributed by atoms with van der Waals surface area (Å²) in [6, 6.07) is 6.92. The van der Waals surface area contributed by atoms with Gasteiger partial charge in [0.05, 0.1) is 49.2 Å². The van der Waals surface area contributed by atoms with Crippen LogP contribution in [0.5, 0.6) is 11.5 Å². The number of phenolic OH excluding ortho intramolecular Hbond substituents is 2. The van der Waals surface area contributed by atoms with Gasteiger partial charge in [-0.15, -0.1) is 22.7 Å². The number of alkyl carbamates (subject to hydrolysis) is 1. The van der Waals surface area contributed by atoms with E-state index >= 15 is 14.4 Å². The second-order valence-corrected chi connectivity index (χ2v) is 34.8. The number of carbonyl (C=O) groups is 10. The Hall–Kier alpha value is -8.56. The molecule has 14 atom stereocenters. The first kappa shape index (κ1) is 99.3. The standard InChI is InChI=1S/C87H136N12O18S2/c1-16-20-21-29-44-114-99(83(107)75(57(10)18-3)94-79(105)69-32-25-28-42-96(69)15)71(55(7)8)51-73(81-92-67(53-119-81)77(103)90-63(47-59(12)85(110)111)49-61-35-39-65(101)40-36-61)117-87(113)97(19-4)43-26-22-23-30-45-115-98(82(106)74(56(9)17-2)93-78(104)68-31-24-27-41-95(68)14)70(54(5)6)50-72(116-86(112)88-13)80-91-66(52-118-80)76(102)89-62(46-58(11)84(108)109)48-60-33-37-64(100)38-34-60/h33-40,52-59,62-63,68-75,100-101H,16-32,41-51H2,1-15H3,(H,88,112)(H,89,102)(H,90,103)(H,93,104)(H,94,105)(H,108,109)(H,110,111)/t56-,57-,58-,59-,62+,63+,68+,69+,70+,71+,72+,73+,74-,75-/m0/s1. The zero-order chi connectivity index (χ0) is 87.6. The Morgan fingerprint density at radius 3 is 1.30 bits per heavy atom. The zero-order valence-corrected chi connectivity index (χ0v) is 74.4. The molecule has 0 spiro atoms. The molecule has 6 rings (SSSR count). The van der Waals surface area contributed by atoms with Crippen molar-refractivity contribution in [3.05, 3.63) is 91.8 Å². The van der Waals surface area contributed by atoms with Gasteiger partial charge in [0, 0.05) is 55.8 Å². The van der Waals surface area contributed by atoms with E-state index in [9.17, 15) is 54.0 Å². The van der Waals surface area contributed by atoms with Crippen LogP contribution in [-0.2, 0) is 60.8 Å². The maximum absolute atomic E-state index is 15.6. The molecule has 2 aliphatic rings. The average Bonchev–Trinajstić information content (AvgIpc) is 1.77. The van der Waals surface area contributed by atoms with Crippen molar-refractivity contribution < 1.29 is 87.5 Å². The summed E-state index contributed by atoms with van der Waals surface area (Å²) < 4.78 is 12.7. The number of nitrogens with zero attached hydrogens (tertiary/aromatic N) is 7. The third kappa shape index (κ3) is 31.4. The Bertz CT molecular complexity index is 3830. The first-order chi connectivity index (χ1) is 56.7. The van der Waals surface area contributed by atoms with E-state index in [1.807, 2.05) is 86.2 Å². The Kier molecular flexibility index (Phi) is 42.2. The molecule has 4 heterocycles. The van der Waals surface area contributed by atoms with Gasteiger partial charge in [-0.2, -0.15) is 0 Å². The maximum Gasteiger partial charge on any atom is 0.410 e. The van der Waals surface area contributed by atoms with Crippen LogP contribution in [0.1, 0.15) is 266 Å². The molecule has 2 saturated heterocycles. The fourth-order valence-corrected chi connectivity index (χ4v) is 16.6. The molecule has 9 N–H and O–H groups in total. The van der Waals surface area contributed by atoms with E-state index in [4.69, 9.17) is 29.1 Å². The average molecular weight is 1700 g/mol. The van der Waals surface area contributed by atoms with Gasteiger partial charge in [-0.25, -0.2) is 29.7 Å². The predicted molar refractivity (Wildman–Crippen MR) is 456 cm³/mol. The van der Waals surface area contributed by atoms with Crippen LogP contribution in [0, 0.1) is 35.5 Å². The number of unbranched alkanes of at least 4 members (excludes halogenated alkanes) is 6. The number of likely N-dealkylation sites (tertiary alicyclic amines) is 2. The van der Waals surface area contributed by atoms with Crippen LogP contribution in [0.15, 0.2) is 59.3 Å². The molecule has 0 radical (unpaired) electrons. The highest BCUT2D eigenvalue weighted by molar-refractivity contribution is 7.10. The number of amides is 8. The van der Waals surface area contributed by atoms with Gasteiger partial charge >= 0.3 is 24.1 Å². The number of carboxylic acids is 2. The van der Waals surface area contributed by atoms with Crippen LogP contribution in [0.4, 0.5) is 9.59 Å². The summed E-state index contributed by atoms with van der Waals surface area (Å²) in [5.74, 6) is -7.76. The molecular formula is C87H136N12O18S2. The van der Waals surface area contributed by atoms with E-state index < -0.39 is 120 Å². The van der Waals surface area contributed by atoms with Crippen LogP contribution in [0.3, 0.4) is 0 Å². The third-order valence-corrected chi connectivity index (χ3v) is 24.9. The number of hydroxylamine groups is 4. The summed E-state index contributed by atoms with van der Waals surface area (Å²) in [7, 11) is 5.21. The van der Waals surface area contributed by atoms with Crippen LogP contribution >= 0.6 is 22.7 Å². The van der Waals surface area contributed by atoms with E-state index in [2.05, 4.69) is 33.5 Å². The van der Waals surface area contributed by atoms with Gasteiger partial charge in [-0.1, -0.05) is 158 Å². The lowest BCUT2D eigenvalue weighted by molar-refractivity contribution is -0.212. The lowest BCUT2D eigenvalue weighted by atomic mass is 9.93. The summed E-state index contributed by atoms with van der Waals surface area (Å²) in [5.41, 5.74) is 1.46. The Morgan fingerprint density at radius 1 is 0.529 bits per heavy atom. The maximum atomic E-state index is 15.6. The van der Waals surface area contributed by atoms with Gasteiger partial charge in [0.25, 0.3) is 23.6 Å². The molecule has 0 bridgehead atoms. The number of aliphatic carboxylic acids is 2. The van der Waals surface area contributed by atoms with Crippen LogP contribution in [-0.4, -0.2) is 224 Å². The number of hydrogen-bond acceptors (Lipinski definition) is 22. The highest BCUT2D eigenvalue weighted by Gasteiger charge is 2.43. The number of aromatic nitrogens is 2. The minimum absolute atomic E-state index is 0.0135.